The first kappa shape index (κ1) is 16.0. The molecule has 1 aromatic heterocycles. The highest BCUT2D eigenvalue weighted by molar-refractivity contribution is 7.13. The van der Waals surface area contributed by atoms with Gasteiger partial charge in [0.05, 0.1) is 7.11 Å². The molecule has 0 aliphatic rings. The van der Waals surface area contributed by atoms with E-state index in [4.69, 9.17) is 4.74 Å². The molecule has 24 heavy (non-hydrogen) atoms. The van der Waals surface area contributed by atoms with Crippen LogP contribution >= 0.6 is 11.3 Å². The molecular formula is C20H16O3S. The van der Waals surface area contributed by atoms with Gasteiger partial charge in [0.25, 0.3) is 0 Å². The van der Waals surface area contributed by atoms with Gasteiger partial charge in [0.15, 0.2) is 6.29 Å². The molecule has 3 rings (SSSR count). The minimum atomic E-state index is 0.192. The summed E-state index contributed by atoms with van der Waals surface area (Å²) in [6.45, 7) is 0. The fourth-order valence-corrected chi connectivity index (χ4v) is 3.18. The normalized spacial score (nSPS) is 11.3. The summed E-state index contributed by atoms with van der Waals surface area (Å²) >= 11 is 1.65. The van der Waals surface area contributed by atoms with Crippen molar-refractivity contribution in [3.63, 3.8) is 0 Å². The highest BCUT2D eigenvalue weighted by Crippen LogP contribution is 2.33. The number of rotatable bonds is 5. The van der Waals surface area contributed by atoms with Crippen LogP contribution in [-0.2, 0) is 4.79 Å². The molecule has 1 N–H and O–H groups in total. The smallest absolute Gasteiger partial charge is 0.150 e. The van der Waals surface area contributed by atoms with Gasteiger partial charge in [-0.15, -0.1) is 11.3 Å². The monoisotopic (exact) mass is 336 g/mol. The van der Waals surface area contributed by atoms with Crippen LogP contribution in [-0.4, -0.2) is 18.5 Å². The summed E-state index contributed by atoms with van der Waals surface area (Å²) in [7, 11) is 1.59. The predicted molar refractivity (Wildman–Crippen MR) is 98.3 cm³/mol. The Bertz CT molecular complexity index is 862. The Labute approximate surface area is 144 Å². The van der Waals surface area contributed by atoms with Crippen molar-refractivity contribution in [2.24, 2.45) is 0 Å². The van der Waals surface area contributed by atoms with Gasteiger partial charge in [0.1, 0.15) is 11.5 Å². The number of allylic oxidation sites excluding steroid dienone is 1. The summed E-state index contributed by atoms with van der Waals surface area (Å²) in [5, 5.41) is 11.4. The molecule has 0 radical (unpaired) electrons. The van der Waals surface area contributed by atoms with Gasteiger partial charge in [-0.3, -0.25) is 4.79 Å². The lowest BCUT2D eigenvalue weighted by molar-refractivity contribution is -0.103. The number of carbonyl (C=O) groups excluding carboxylic acids is 1. The molecule has 0 saturated carbocycles. The third-order valence-electron chi connectivity index (χ3n) is 3.66. The van der Waals surface area contributed by atoms with Gasteiger partial charge < -0.3 is 9.84 Å². The van der Waals surface area contributed by atoms with E-state index in [0.717, 1.165) is 27.9 Å². The number of hydrogen-bond acceptors (Lipinski definition) is 4. The fraction of sp³-hybridized carbons (Fsp3) is 0.0500. The molecule has 0 unspecified atom stereocenters. The highest BCUT2D eigenvalue weighted by atomic mass is 32.1. The largest absolute Gasteiger partial charge is 0.508 e. The van der Waals surface area contributed by atoms with Crippen molar-refractivity contribution in [3.8, 4) is 21.9 Å². The van der Waals surface area contributed by atoms with Crippen LogP contribution in [0.4, 0.5) is 0 Å². The number of phenolic OH excluding ortho intramolecular Hbond substituents is 1. The van der Waals surface area contributed by atoms with Crippen molar-refractivity contribution < 1.29 is 14.6 Å². The molecule has 0 bridgehead atoms. The number of phenols is 1. The third-order valence-corrected chi connectivity index (χ3v) is 4.58. The zero-order valence-corrected chi connectivity index (χ0v) is 13.9. The Morgan fingerprint density at radius 2 is 1.92 bits per heavy atom. The van der Waals surface area contributed by atoms with Crippen LogP contribution < -0.4 is 4.74 Å². The average Bonchev–Trinajstić information content (AvgIpc) is 3.15. The molecule has 0 atom stereocenters. The Morgan fingerprint density at radius 1 is 1.12 bits per heavy atom. The standard InChI is InChI=1S/C20H16O3S/c1-23-19-9-6-15(20-3-2-10-24-20)12-18(19)16(13-21)11-14-4-7-17(22)8-5-14/h2-13,22H,1H3. The molecule has 120 valence electrons. The summed E-state index contributed by atoms with van der Waals surface area (Å²) in [6.07, 6.45) is 2.60. The molecule has 0 fully saturated rings. The van der Waals surface area contributed by atoms with E-state index in [2.05, 4.69) is 0 Å². The van der Waals surface area contributed by atoms with Crippen LogP contribution in [0, 0.1) is 0 Å². The Morgan fingerprint density at radius 3 is 2.54 bits per heavy atom. The van der Waals surface area contributed by atoms with E-state index >= 15 is 0 Å². The van der Waals surface area contributed by atoms with Crippen molar-refractivity contribution in [2.45, 2.75) is 0 Å². The minimum absolute atomic E-state index is 0.192. The molecule has 1 heterocycles. The SMILES string of the molecule is COc1ccc(-c2cccs2)cc1C(C=O)=Cc1ccc(O)cc1. The second-order valence-corrected chi connectivity index (χ2v) is 6.15. The minimum Gasteiger partial charge on any atom is -0.508 e. The first-order valence-electron chi connectivity index (χ1n) is 7.39. The second-order valence-electron chi connectivity index (χ2n) is 5.20. The zero-order valence-electron chi connectivity index (χ0n) is 13.1. The van der Waals surface area contributed by atoms with E-state index in [1.807, 2.05) is 35.7 Å². The van der Waals surface area contributed by atoms with Crippen molar-refractivity contribution in [1.29, 1.82) is 0 Å². The molecule has 3 nitrogen and oxygen atoms in total. The number of benzene rings is 2. The van der Waals surface area contributed by atoms with E-state index in [-0.39, 0.29) is 5.75 Å². The average molecular weight is 336 g/mol. The van der Waals surface area contributed by atoms with Crippen LogP contribution in [0.1, 0.15) is 11.1 Å². The zero-order chi connectivity index (χ0) is 16.9. The fourth-order valence-electron chi connectivity index (χ4n) is 2.46. The van der Waals surface area contributed by atoms with E-state index in [1.165, 1.54) is 0 Å². The summed E-state index contributed by atoms with van der Waals surface area (Å²) in [5.41, 5.74) is 3.14. The summed E-state index contributed by atoms with van der Waals surface area (Å²) in [6, 6.07) is 16.6. The molecule has 0 saturated heterocycles. The first-order valence-corrected chi connectivity index (χ1v) is 8.27. The van der Waals surface area contributed by atoms with Crippen molar-refractivity contribution in [1.82, 2.24) is 0 Å². The van der Waals surface area contributed by atoms with Gasteiger partial charge >= 0.3 is 0 Å². The second kappa shape index (κ2) is 7.15. The van der Waals surface area contributed by atoms with Crippen molar-refractivity contribution >= 4 is 29.3 Å². The molecular weight excluding hydrogens is 320 g/mol. The lowest BCUT2D eigenvalue weighted by Crippen LogP contribution is -1.94. The number of aromatic hydroxyl groups is 1. The summed E-state index contributed by atoms with van der Waals surface area (Å²) in [4.78, 5) is 12.8. The van der Waals surface area contributed by atoms with Crippen LogP contribution in [0.2, 0.25) is 0 Å². The highest BCUT2D eigenvalue weighted by Gasteiger charge is 2.11. The third kappa shape index (κ3) is 3.39. The van der Waals surface area contributed by atoms with Gasteiger partial charge in [0, 0.05) is 16.0 Å². The van der Waals surface area contributed by atoms with Gasteiger partial charge in [-0.05, 0) is 59.0 Å². The molecule has 4 heteroatoms. The Hall–Kier alpha value is -2.85. The van der Waals surface area contributed by atoms with Crippen LogP contribution in [0.5, 0.6) is 11.5 Å². The summed E-state index contributed by atoms with van der Waals surface area (Å²) < 4.78 is 5.42. The van der Waals surface area contributed by atoms with Gasteiger partial charge in [-0.2, -0.15) is 0 Å². The maximum Gasteiger partial charge on any atom is 0.150 e. The van der Waals surface area contributed by atoms with E-state index in [0.29, 0.717) is 11.3 Å². The van der Waals surface area contributed by atoms with Crippen LogP contribution in [0.3, 0.4) is 0 Å². The molecule has 0 aliphatic carbocycles. The number of carbonyl (C=O) groups is 1. The number of aldehydes is 1. The summed E-state index contributed by atoms with van der Waals surface area (Å²) in [5.74, 6) is 0.838. The predicted octanol–water partition coefficient (Wildman–Crippen LogP) is 4.87. The lowest BCUT2D eigenvalue weighted by Gasteiger charge is -2.10. The molecule has 0 aliphatic heterocycles. The molecule has 0 spiro atoms. The number of methoxy groups -OCH3 is 1. The van der Waals surface area contributed by atoms with Gasteiger partial charge in [0.2, 0.25) is 0 Å². The van der Waals surface area contributed by atoms with Crippen molar-refractivity contribution in [3.05, 3.63) is 71.1 Å². The topological polar surface area (TPSA) is 46.5 Å². The van der Waals surface area contributed by atoms with E-state index < -0.39 is 0 Å². The number of hydrogen-bond donors (Lipinski definition) is 1. The Balaban J connectivity index is 2.08. The maximum absolute atomic E-state index is 11.7. The number of thiophene rings is 1. The molecule has 2 aromatic carbocycles. The quantitative estimate of drug-likeness (QED) is 0.411. The molecule has 3 aromatic rings. The van der Waals surface area contributed by atoms with E-state index in [9.17, 15) is 9.90 Å². The first-order chi connectivity index (χ1) is 11.7. The van der Waals surface area contributed by atoms with Crippen LogP contribution in [0.25, 0.3) is 22.1 Å². The lowest BCUT2D eigenvalue weighted by atomic mass is 10.00. The van der Waals surface area contributed by atoms with E-state index in [1.54, 1.807) is 48.8 Å². The van der Waals surface area contributed by atoms with Gasteiger partial charge in [-0.1, -0.05) is 18.2 Å². The Kier molecular flexibility index (Phi) is 4.77. The number of ether oxygens (including phenoxy) is 1. The van der Waals surface area contributed by atoms with Crippen LogP contribution in [0.15, 0.2) is 60.0 Å². The molecule has 0 amide bonds. The maximum atomic E-state index is 11.7. The van der Waals surface area contributed by atoms with Crippen molar-refractivity contribution in [2.75, 3.05) is 7.11 Å². The van der Waals surface area contributed by atoms with Gasteiger partial charge in [-0.25, -0.2) is 0 Å².